The molecule has 0 aromatic heterocycles. The molecular weight excluding hydrogens is 326 g/mol. The fraction of sp³-hybridized carbons (Fsp3) is 0.556. The monoisotopic (exact) mass is 349 g/mol. The number of benzene rings is 1. The standard InChI is InChI=1S/C18H24BrNO/c1-3-11-21-18-10-7-16(19)12-15(18)13-20-17-8-5-14(4-2)6-9-17/h1,7,10,12,14,17,20H,4-6,8-9,11,13H2,2H3. The molecule has 0 atom stereocenters. The molecule has 1 fully saturated rings. The number of terminal acetylenes is 1. The van der Waals surface area contributed by atoms with Crippen LogP contribution in [0.1, 0.15) is 44.6 Å². The third-order valence-electron chi connectivity index (χ3n) is 4.34. The summed E-state index contributed by atoms with van der Waals surface area (Å²) >= 11 is 3.52. The van der Waals surface area contributed by atoms with Gasteiger partial charge in [0.15, 0.2) is 0 Å². The zero-order valence-corrected chi connectivity index (χ0v) is 14.3. The minimum atomic E-state index is 0.316. The van der Waals surface area contributed by atoms with Crippen LogP contribution in [0.2, 0.25) is 0 Å². The molecule has 0 aliphatic heterocycles. The zero-order chi connectivity index (χ0) is 15.1. The molecular formula is C18H24BrNO. The molecule has 0 amide bonds. The molecule has 1 saturated carbocycles. The molecule has 0 heterocycles. The van der Waals surface area contributed by atoms with Crippen LogP contribution in [0.25, 0.3) is 0 Å². The van der Waals surface area contributed by atoms with Crippen molar-refractivity contribution in [3.8, 4) is 18.1 Å². The van der Waals surface area contributed by atoms with Crippen molar-refractivity contribution in [3.63, 3.8) is 0 Å². The van der Waals surface area contributed by atoms with Crippen molar-refractivity contribution in [1.29, 1.82) is 0 Å². The molecule has 0 radical (unpaired) electrons. The third-order valence-corrected chi connectivity index (χ3v) is 4.83. The summed E-state index contributed by atoms with van der Waals surface area (Å²) < 4.78 is 6.69. The molecule has 2 nitrogen and oxygen atoms in total. The topological polar surface area (TPSA) is 21.3 Å². The van der Waals surface area contributed by atoms with Gasteiger partial charge in [0.05, 0.1) is 0 Å². The van der Waals surface area contributed by atoms with Crippen LogP contribution in [0.3, 0.4) is 0 Å². The van der Waals surface area contributed by atoms with E-state index in [0.29, 0.717) is 12.6 Å². The fourth-order valence-electron chi connectivity index (χ4n) is 2.98. The Bertz CT molecular complexity index is 486. The maximum absolute atomic E-state index is 5.62. The van der Waals surface area contributed by atoms with Gasteiger partial charge in [0.1, 0.15) is 12.4 Å². The van der Waals surface area contributed by atoms with E-state index >= 15 is 0 Å². The molecule has 1 N–H and O–H groups in total. The summed E-state index contributed by atoms with van der Waals surface area (Å²) in [5, 5.41) is 3.67. The lowest BCUT2D eigenvalue weighted by Crippen LogP contribution is -2.32. The van der Waals surface area contributed by atoms with Gasteiger partial charge in [0.2, 0.25) is 0 Å². The van der Waals surface area contributed by atoms with Crippen LogP contribution in [0.4, 0.5) is 0 Å². The zero-order valence-electron chi connectivity index (χ0n) is 12.7. The van der Waals surface area contributed by atoms with Gasteiger partial charge in [0.25, 0.3) is 0 Å². The molecule has 1 aromatic carbocycles. The van der Waals surface area contributed by atoms with E-state index in [9.17, 15) is 0 Å². The van der Waals surface area contributed by atoms with Crippen LogP contribution in [0, 0.1) is 18.3 Å². The maximum atomic E-state index is 5.62. The summed E-state index contributed by atoms with van der Waals surface area (Å²) in [4.78, 5) is 0. The fourth-order valence-corrected chi connectivity index (χ4v) is 3.38. The second-order valence-corrected chi connectivity index (χ2v) is 6.67. The van der Waals surface area contributed by atoms with Gasteiger partial charge >= 0.3 is 0 Å². The third kappa shape index (κ3) is 5.05. The van der Waals surface area contributed by atoms with Crippen molar-refractivity contribution < 1.29 is 4.74 Å². The van der Waals surface area contributed by atoms with Crippen LogP contribution in [0.5, 0.6) is 5.75 Å². The van der Waals surface area contributed by atoms with Gasteiger partial charge in [-0.3, -0.25) is 0 Å². The van der Waals surface area contributed by atoms with Crippen molar-refractivity contribution in [1.82, 2.24) is 5.32 Å². The Balaban J connectivity index is 1.90. The van der Waals surface area contributed by atoms with E-state index in [0.717, 1.165) is 28.2 Å². The minimum absolute atomic E-state index is 0.316. The average Bonchev–Trinajstić information content (AvgIpc) is 2.52. The van der Waals surface area contributed by atoms with Crippen LogP contribution in [-0.2, 0) is 6.54 Å². The normalized spacial score (nSPS) is 21.8. The van der Waals surface area contributed by atoms with E-state index in [2.05, 4.69) is 40.2 Å². The second-order valence-electron chi connectivity index (χ2n) is 5.75. The number of hydrogen-bond acceptors (Lipinski definition) is 2. The van der Waals surface area contributed by atoms with Gasteiger partial charge in [-0.2, -0.15) is 0 Å². The van der Waals surface area contributed by atoms with E-state index in [1.807, 2.05) is 12.1 Å². The molecule has 0 spiro atoms. The average molecular weight is 350 g/mol. The second kappa shape index (κ2) is 8.46. The Kier molecular flexibility index (Phi) is 6.60. The van der Waals surface area contributed by atoms with Crippen molar-refractivity contribution in [2.24, 2.45) is 5.92 Å². The van der Waals surface area contributed by atoms with E-state index in [1.54, 1.807) is 0 Å². The number of nitrogens with one attached hydrogen (secondary N) is 1. The molecule has 0 bridgehead atoms. The number of rotatable bonds is 6. The molecule has 0 unspecified atom stereocenters. The van der Waals surface area contributed by atoms with Crippen molar-refractivity contribution in [2.45, 2.75) is 51.6 Å². The van der Waals surface area contributed by atoms with Gasteiger partial charge in [-0.25, -0.2) is 0 Å². The van der Waals surface area contributed by atoms with Gasteiger partial charge in [-0.1, -0.05) is 35.2 Å². The SMILES string of the molecule is C#CCOc1ccc(Br)cc1CNC1CCC(CC)CC1. The largest absolute Gasteiger partial charge is 0.481 e. The first-order chi connectivity index (χ1) is 10.2. The Hall–Kier alpha value is -0.980. The van der Waals surface area contributed by atoms with Crippen molar-refractivity contribution >= 4 is 15.9 Å². The van der Waals surface area contributed by atoms with E-state index in [1.165, 1.54) is 32.1 Å². The van der Waals surface area contributed by atoms with Gasteiger partial charge < -0.3 is 10.1 Å². The number of halogens is 1. The quantitative estimate of drug-likeness (QED) is 0.762. The van der Waals surface area contributed by atoms with Gasteiger partial charge in [0, 0.05) is 22.6 Å². The van der Waals surface area contributed by atoms with Crippen LogP contribution in [-0.4, -0.2) is 12.6 Å². The molecule has 0 saturated heterocycles. The van der Waals surface area contributed by atoms with E-state index in [-0.39, 0.29) is 0 Å². The lowest BCUT2D eigenvalue weighted by atomic mass is 9.84. The lowest BCUT2D eigenvalue weighted by molar-refractivity contribution is 0.283. The Morgan fingerprint density at radius 1 is 1.33 bits per heavy atom. The molecule has 3 heteroatoms. The summed E-state index contributed by atoms with van der Waals surface area (Å²) in [6.45, 7) is 3.45. The van der Waals surface area contributed by atoms with Gasteiger partial charge in [-0.05, 0) is 49.8 Å². The Morgan fingerprint density at radius 2 is 2.10 bits per heavy atom. The summed E-state index contributed by atoms with van der Waals surface area (Å²) in [5.74, 6) is 4.33. The Labute approximate surface area is 136 Å². The van der Waals surface area contributed by atoms with Crippen LogP contribution >= 0.6 is 15.9 Å². The predicted molar refractivity (Wildman–Crippen MR) is 91.3 cm³/mol. The highest BCUT2D eigenvalue weighted by Crippen LogP contribution is 2.28. The summed E-state index contributed by atoms with van der Waals surface area (Å²) in [6.07, 6.45) is 11.9. The smallest absolute Gasteiger partial charge is 0.148 e. The van der Waals surface area contributed by atoms with Gasteiger partial charge in [-0.15, -0.1) is 6.42 Å². The highest BCUT2D eigenvalue weighted by Gasteiger charge is 2.19. The predicted octanol–water partition coefficient (Wildman–Crippen LogP) is 4.52. The molecule has 2 rings (SSSR count). The number of ether oxygens (including phenoxy) is 1. The summed E-state index contributed by atoms with van der Waals surface area (Å²) in [6, 6.07) is 6.71. The highest BCUT2D eigenvalue weighted by atomic mass is 79.9. The summed E-state index contributed by atoms with van der Waals surface area (Å²) in [5.41, 5.74) is 1.16. The van der Waals surface area contributed by atoms with Crippen molar-refractivity contribution in [3.05, 3.63) is 28.2 Å². The molecule has 114 valence electrons. The first kappa shape index (κ1) is 16.4. The lowest BCUT2D eigenvalue weighted by Gasteiger charge is -2.28. The van der Waals surface area contributed by atoms with Crippen LogP contribution < -0.4 is 10.1 Å². The summed E-state index contributed by atoms with van der Waals surface area (Å²) in [7, 11) is 0. The van der Waals surface area contributed by atoms with E-state index in [4.69, 9.17) is 11.2 Å². The molecule has 1 aliphatic rings. The van der Waals surface area contributed by atoms with E-state index < -0.39 is 0 Å². The highest BCUT2D eigenvalue weighted by molar-refractivity contribution is 9.10. The van der Waals surface area contributed by atoms with Crippen molar-refractivity contribution in [2.75, 3.05) is 6.61 Å². The first-order valence-corrected chi connectivity index (χ1v) is 8.60. The first-order valence-electron chi connectivity index (χ1n) is 7.81. The van der Waals surface area contributed by atoms with Crippen LogP contribution in [0.15, 0.2) is 22.7 Å². The molecule has 21 heavy (non-hydrogen) atoms. The minimum Gasteiger partial charge on any atom is -0.481 e. The Morgan fingerprint density at radius 3 is 2.76 bits per heavy atom. The molecule has 1 aromatic rings. The molecule has 1 aliphatic carbocycles. The maximum Gasteiger partial charge on any atom is 0.148 e. The number of hydrogen-bond donors (Lipinski definition) is 1.